The van der Waals surface area contributed by atoms with Crippen LogP contribution in [0.1, 0.15) is 45.4 Å². The van der Waals surface area contributed by atoms with Gasteiger partial charge in [-0.3, -0.25) is 0 Å². The number of nitrogens with zero attached hydrogens (tertiary/aromatic N) is 1. The summed E-state index contributed by atoms with van der Waals surface area (Å²) >= 11 is 0. The molecule has 0 bridgehead atoms. The Kier molecular flexibility index (Phi) is 4.86. The zero-order valence-corrected chi connectivity index (χ0v) is 11.9. The first kappa shape index (κ1) is 15.1. The van der Waals surface area contributed by atoms with Gasteiger partial charge in [-0.1, -0.05) is 19.3 Å². The van der Waals surface area contributed by atoms with Gasteiger partial charge >= 0.3 is 12.0 Å². The van der Waals surface area contributed by atoms with Crippen molar-refractivity contribution < 1.29 is 19.8 Å². The van der Waals surface area contributed by atoms with Crippen molar-refractivity contribution in [2.75, 3.05) is 6.54 Å². The normalized spacial score (nSPS) is 29.2. The molecule has 3 atom stereocenters. The van der Waals surface area contributed by atoms with E-state index in [4.69, 9.17) is 5.11 Å². The number of rotatable bonds is 3. The highest BCUT2D eigenvalue weighted by atomic mass is 16.4. The van der Waals surface area contributed by atoms with Gasteiger partial charge in [0.15, 0.2) is 0 Å². The molecule has 6 nitrogen and oxygen atoms in total. The Morgan fingerprint density at radius 1 is 1.25 bits per heavy atom. The molecule has 114 valence electrons. The van der Waals surface area contributed by atoms with E-state index >= 15 is 0 Å². The van der Waals surface area contributed by atoms with E-state index in [0.717, 1.165) is 12.8 Å². The third-order valence-electron chi connectivity index (χ3n) is 4.53. The molecule has 20 heavy (non-hydrogen) atoms. The maximum Gasteiger partial charge on any atom is 0.326 e. The highest BCUT2D eigenvalue weighted by Gasteiger charge is 2.39. The van der Waals surface area contributed by atoms with Gasteiger partial charge in [0.25, 0.3) is 0 Å². The van der Waals surface area contributed by atoms with Crippen LogP contribution in [-0.4, -0.2) is 51.8 Å². The van der Waals surface area contributed by atoms with Gasteiger partial charge < -0.3 is 20.4 Å². The first-order valence-corrected chi connectivity index (χ1v) is 7.47. The van der Waals surface area contributed by atoms with Crippen LogP contribution in [0.4, 0.5) is 4.79 Å². The van der Waals surface area contributed by atoms with E-state index < -0.39 is 18.1 Å². The maximum absolute atomic E-state index is 12.2. The first-order chi connectivity index (χ1) is 9.49. The topological polar surface area (TPSA) is 89.9 Å². The Morgan fingerprint density at radius 2 is 1.90 bits per heavy atom. The molecule has 0 aromatic carbocycles. The van der Waals surface area contributed by atoms with Crippen molar-refractivity contribution in [2.24, 2.45) is 5.92 Å². The predicted molar refractivity (Wildman–Crippen MR) is 73.3 cm³/mol. The lowest BCUT2D eigenvalue weighted by Crippen LogP contribution is -2.50. The van der Waals surface area contributed by atoms with Crippen molar-refractivity contribution in [3.63, 3.8) is 0 Å². The fourth-order valence-electron chi connectivity index (χ4n) is 3.30. The number of aliphatic carboxylic acids is 1. The third-order valence-corrected chi connectivity index (χ3v) is 4.53. The van der Waals surface area contributed by atoms with Gasteiger partial charge in [0.05, 0.1) is 6.10 Å². The largest absolute Gasteiger partial charge is 0.480 e. The summed E-state index contributed by atoms with van der Waals surface area (Å²) < 4.78 is 0. The number of carboxylic acids is 1. The first-order valence-electron chi connectivity index (χ1n) is 7.47. The van der Waals surface area contributed by atoms with Crippen LogP contribution in [-0.2, 0) is 4.79 Å². The van der Waals surface area contributed by atoms with Crippen molar-refractivity contribution >= 4 is 12.0 Å². The second-order valence-electron chi connectivity index (χ2n) is 6.03. The average molecular weight is 284 g/mol. The number of nitrogens with one attached hydrogen (secondary N) is 1. The summed E-state index contributed by atoms with van der Waals surface area (Å²) in [7, 11) is 0. The van der Waals surface area contributed by atoms with Crippen molar-refractivity contribution in [2.45, 2.75) is 63.6 Å². The number of β-amino-alcohol motifs (C(OH)–C–C–N with tert-alkyl or cyclic N) is 1. The van der Waals surface area contributed by atoms with E-state index in [1.165, 1.54) is 24.2 Å². The summed E-state index contributed by atoms with van der Waals surface area (Å²) in [6, 6.07) is -1.23. The SMILES string of the molecule is CC(NC(=O)N1C[C@H](O)C[C@@H]1C(=O)O)C1CCCCC1. The molecule has 0 spiro atoms. The number of hydrogen-bond donors (Lipinski definition) is 3. The standard InChI is InChI=1S/C14H24N2O4/c1-9(10-5-3-2-4-6-10)15-14(20)16-8-11(17)7-12(16)13(18)19/h9-12,17H,2-8H2,1H3,(H,15,20)(H,18,19)/t9?,11-,12-/m1/s1. The van der Waals surface area contributed by atoms with Crippen LogP contribution in [0.2, 0.25) is 0 Å². The Labute approximate surface area is 119 Å². The van der Waals surface area contributed by atoms with Crippen LogP contribution in [0.25, 0.3) is 0 Å². The zero-order valence-electron chi connectivity index (χ0n) is 11.9. The molecule has 1 aliphatic carbocycles. The molecule has 2 rings (SSSR count). The fraction of sp³-hybridized carbons (Fsp3) is 0.857. The molecule has 0 radical (unpaired) electrons. The number of hydrogen-bond acceptors (Lipinski definition) is 3. The van der Waals surface area contributed by atoms with Gasteiger partial charge in [-0.25, -0.2) is 9.59 Å². The lowest BCUT2D eigenvalue weighted by molar-refractivity contribution is -0.141. The maximum atomic E-state index is 12.2. The number of carbonyl (C=O) groups excluding carboxylic acids is 1. The number of amides is 2. The van der Waals surface area contributed by atoms with E-state index in [-0.39, 0.29) is 25.0 Å². The molecule has 3 N–H and O–H groups in total. The minimum atomic E-state index is -1.05. The van der Waals surface area contributed by atoms with E-state index in [2.05, 4.69) is 5.32 Å². The van der Waals surface area contributed by atoms with Crippen LogP contribution in [0.5, 0.6) is 0 Å². The van der Waals surface area contributed by atoms with Gasteiger partial charge in [-0.15, -0.1) is 0 Å². The quantitative estimate of drug-likeness (QED) is 0.726. The minimum Gasteiger partial charge on any atom is -0.480 e. The number of carboxylic acid groups (broad SMARTS) is 1. The molecule has 2 fully saturated rings. The molecule has 2 aliphatic rings. The molecule has 0 aromatic rings. The highest BCUT2D eigenvalue weighted by Crippen LogP contribution is 2.27. The summed E-state index contributed by atoms with van der Waals surface area (Å²) in [5.41, 5.74) is 0. The summed E-state index contributed by atoms with van der Waals surface area (Å²) in [6.45, 7) is 2.08. The van der Waals surface area contributed by atoms with Gasteiger partial charge in [0, 0.05) is 19.0 Å². The van der Waals surface area contributed by atoms with Gasteiger partial charge in [0.1, 0.15) is 6.04 Å². The van der Waals surface area contributed by atoms with Crippen LogP contribution in [0.15, 0.2) is 0 Å². The Morgan fingerprint density at radius 3 is 2.50 bits per heavy atom. The summed E-state index contributed by atoms with van der Waals surface area (Å²) in [5.74, 6) is -0.578. The van der Waals surface area contributed by atoms with Gasteiger partial charge in [-0.2, -0.15) is 0 Å². The lowest BCUT2D eigenvalue weighted by Gasteiger charge is -2.30. The summed E-state index contributed by atoms with van der Waals surface area (Å²) in [4.78, 5) is 24.6. The van der Waals surface area contributed by atoms with E-state index in [1.54, 1.807) is 0 Å². The van der Waals surface area contributed by atoms with Crippen LogP contribution >= 0.6 is 0 Å². The van der Waals surface area contributed by atoms with Crippen LogP contribution in [0, 0.1) is 5.92 Å². The molecule has 1 saturated heterocycles. The fourth-order valence-corrected chi connectivity index (χ4v) is 3.30. The smallest absolute Gasteiger partial charge is 0.326 e. The second kappa shape index (κ2) is 6.43. The Hall–Kier alpha value is -1.30. The number of aliphatic hydroxyl groups is 1. The van der Waals surface area contributed by atoms with E-state index in [0.29, 0.717) is 5.92 Å². The number of urea groups is 1. The summed E-state index contributed by atoms with van der Waals surface area (Å²) in [6.07, 6.45) is 5.26. The molecule has 1 heterocycles. The number of aliphatic hydroxyl groups excluding tert-OH is 1. The molecule has 1 unspecified atom stereocenters. The molecule has 1 saturated carbocycles. The lowest BCUT2D eigenvalue weighted by atomic mass is 9.84. The summed E-state index contributed by atoms with van der Waals surface area (Å²) in [5, 5.41) is 21.6. The highest BCUT2D eigenvalue weighted by molar-refractivity contribution is 5.83. The molecule has 1 aliphatic heterocycles. The van der Waals surface area contributed by atoms with Crippen molar-refractivity contribution in [1.82, 2.24) is 10.2 Å². The third kappa shape index (κ3) is 3.42. The van der Waals surface area contributed by atoms with Crippen LogP contribution < -0.4 is 5.32 Å². The van der Waals surface area contributed by atoms with Gasteiger partial charge in [-0.05, 0) is 25.7 Å². The Balaban J connectivity index is 1.91. The number of carbonyl (C=O) groups is 2. The average Bonchev–Trinajstić information content (AvgIpc) is 2.82. The van der Waals surface area contributed by atoms with Crippen molar-refractivity contribution in [3.8, 4) is 0 Å². The van der Waals surface area contributed by atoms with E-state index in [1.807, 2.05) is 6.92 Å². The molecule has 2 amide bonds. The van der Waals surface area contributed by atoms with E-state index in [9.17, 15) is 14.7 Å². The molecular formula is C14H24N2O4. The second-order valence-corrected chi connectivity index (χ2v) is 6.03. The molecule has 0 aromatic heterocycles. The zero-order chi connectivity index (χ0) is 14.7. The predicted octanol–water partition coefficient (Wildman–Crippen LogP) is 1.18. The van der Waals surface area contributed by atoms with Crippen LogP contribution in [0.3, 0.4) is 0 Å². The van der Waals surface area contributed by atoms with Crippen molar-refractivity contribution in [3.05, 3.63) is 0 Å². The monoisotopic (exact) mass is 284 g/mol. The molecular weight excluding hydrogens is 260 g/mol. The van der Waals surface area contributed by atoms with Gasteiger partial charge in [0.2, 0.25) is 0 Å². The number of likely N-dealkylation sites (tertiary alicyclic amines) is 1. The van der Waals surface area contributed by atoms with Crippen molar-refractivity contribution in [1.29, 1.82) is 0 Å². The Bertz CT molecular complexity index is 368. The minimum absolute atomic E-state index is 0.0509. The molecule has 6 heteroatoms.